The van der Waals surface area contributed by atoms with Crippen LogP contribution in [-0.2, 0) is 6.18 Å². The molecule has 0 atom stereocenters. The van der Waals surface area contributed by atoms with E-state index in [0.29, 0.717) is 22.3 Å². The van der Waals surface area contributed by atoms with Crippen molar-refractivity contribution in [3.05, 3.63) is 60.3 Å². The van der Waals surface area contributed by atoms with Gasteiger partial charge in [0.15, 0.2) is 5.65 Å². The van der Waals surface area contributed by atoms with Gasteiger partial charge in [0.1, 0.15) is 5.75 Å². The molecule has 0 aliphatic carbocycles. The third kappa shape index (κ3) is 4.19. The van der Waals surface area contributed by atoms with Crippen molar-refractivity contribution in [2.75, 3.05) is 45.2 Å². The molecule has 176 valence electrons. The van der Waals surface area contributed by atoms with E-state index in [0.717, 1.165) is 43.4 Å². The maximum atomic E-state index is 13.5. The largest absolute Gasteiger partial charge is 0.496 e. The van der Waals surface area contributed by atoms with Crippen molar-refractivity contribution >= 4 is 16.7 Å². The number of piperazine rings is 1. The van der Waals surface area contributed by atoms with Gasteiger partial charge in [0.25, 0.3) is 0 Å². The number of fused-ring (bicyclic) bond motifs is 1. The van der Waals surface area contributed by atoms with Gasteiger partial charge in [-0.2, -0.15) is 18.3 Å². The van der Waals surface area contributed by atoms with Crippen LogP contribution in [0.4, 0.5) is 18.9 Å². The number of pyridine rings is 1. The van der Waals surface area contributed by atoms with Crippen LogP contribution in [-0.4, -0.2) is 60.4 Å². The Bertz CT molecular complexity index is 1310. The lowest BCUT2D eigenvalue weighted by Gasteiger charge is -2.34. The minimum atomic E-state index is -4.54. The lowest BCUT2D eigenvalue weighted by molar-refractivity contribution is -0.138. The molecule has 0 amide bonds. The van der Waals surface area contributed by atoms with Crippen molar-refractivity contribution in [2.24, 2.45) is 0 Å². The lowest BCUT2D eigenvalue weighted by atomic mass is 10.0. The Hall–Kier alpha value is -3.59. The topological polar surface area (TPSA) is 57.3 Å². The molecule has 1 fully saturated rings. The van der Waals surface area contributed by atoms with E-state index in [9.17, 15) is 13.2 Å². The van der Waals surface area contributed by atoms with Crippen LogP contribution in [0, 0.1) is 0 Å². The molecule has 2 aromatic heterocycles. The summed E-state index contributed by atoms with van der Waals surface area (Å²) in [6, 6.07) is 14.2. The Morgan fingerprint density at radius 2 is 1.62 bits per heavy atom. The number of likely N-dealkylation sites (N-methyl/N-ethyl adjacent to an activating group) is 1. The third-order valence-electron chi connectivity index (χ3n) is 6.27. The van der Waals surface area contributed by atoms with E-state index in [1.807, 2.05) is 18.2 Å². The molecule has 1 N–H and O–H groups in total. The number of ether oxygens (including phenoxy) is 1. The predicted octanol–water partition coefficient (Wildman–Crippen LogP) is 5.07. The van der Waals surface area contributed by atoms with Crippen molar-refractivity contribution in [1.29, 1.82) is 0 Å². The highest BCUT2D eigenvalue weighted by Crippen LogP contribution is 2.39. The first-order chi connectivity index (χ1) is 16.3. The first-order valence-electron chi connectivity index (χ1n) is 11.0. The van der Waals surface area contributed by atoms with Gasteiger partial charge in [-0.15, -0.1) is 0 Å². The highest BCUT2D eigenvalue weighted by Gasteiger charge is 2.34. The molecule has 3 heterocycles. The maximum Gasteiger partial charge on any atom is 0.419 e. The van der Waals surface area contributed by atoms with E-state index in [2.05, 4.69) is 44.2 Å². The van der Waals surface area contributed by atoms with Crippen molar-refractivity contribution in [3.63, 3.8) is 0 Å². The molecule has 0 saturated carbocycles. The Morgan fingerprint density at radius 3 is 2.29 bits per heavy atom. The number of H-pyrrole nitrogens is 1. The summed E-state index contributed by atoms with van der Waals surface area (Å²) in [5.74, 6) is -0.223. The summed E-state index contributed by atoms with van der Waals surface area (Å²) in [4.78, 5) is 9.10. The fourth-order valence-corrected chi connectivity index (χ4v) is 4.29. The number of aromatic nitrogens is 3. The van der Waals surface area contributed by atoms with Gasteiger partial charge in [-0.25, -0.2) is 4.98 Å². The van der Waals surface area contributed by atoms with E-state index < -0.39 is 11.7 Å². The fraction of sp³-hybridized carbons (Fsp3) is 0.280. The van der Waals surface area contributed by atoms with E-state index >= 15 is 0 Å². The summed E-state index contributed by atoms with van der Waals surface area (Å²) in [5, 5.41) is 7.69. The molecule has 1 saturated heterocycles. The first-order valence-corrected chi connectivity index (χ1v) is 11.0. The summed E-state index contributed by atoms with van der Waals surface area (Å²) >= 11 is 0. The quantitative estimate of drug-likeness (QED) is 0.454. The monoisotopic (exact) mass is 467 g/mol. The molecule has 0 unspecified atom stereocenters. The Morgan fingerprint density at radius 1 is 0.912 bits per heavy atom. The van der Waals surface area contributed by atoms with Gasteiger partial charge in [-0.05, 0) is 49.0 Å². The summed E-state index contributed by atoms with van der Waals surface area (Å²) in [6.45, 7) is 4.05. The molecule has 0 spiro atoms. The number of alkyl halides is 3. The number of hydrogen-bond acceptors (Lipinski definition) is 5. The average Bonchev–Trinajstić information content (AvgIpc) is 3.27. The molecule has 6 nitrogen and oxygen atoms in total. The number of benzene rings is 2. The van der Waals surface area contributed by atoms with Gasteiger partial charge < -0.3 is 14.5 Å². The van der Waals surface area contributed by atoms with Crippen LogP contribution in [0.25, 0.3) is 33.4 Å². The summed E-state index contributed by atoms with van der Waals surface area (Å²) in [7, 11) is 3.35. The molecule has 1 aliphatic rings. The SMILES string of the molecule is COc1ccc(-c2[nH]nc3ncc(-c4ccc(N5CCN(C)CC5)cc4)cc23)cc1C(F)(F)F. The molecule has 4 aromatic rings. The Balaban J connectivity index is 1.48. The summed E-state index contributed by atoms with van der Waals surface area (Å²) in [6.07, 6.45) is -2.81. The van der Waals surface area contributed by atoms with E-state index in [1.54, 1.807) is 12.3 Å². The maximum absolute atomic E-state index is 13.5. The first kappa shape index (κ1) is 22.2. The summed E-state index contributed by atoms with van der Waals surface area (Å²) in [5.41, 5.74) is 3.46. The molecule has 5 rings (SSSR count). The van der Waals surface area contributed by atoms with E-state index in [4.69, 9.17) is 4.74 Å². The van der Waals surface area contributed by atoms with Crippen LogP contribution in [0.1, 0.15) is 5.56 Å². The van der Waals surface area contributed by atoms with Crippen molar-refractivity contribution < 1.29 is 17.9 Å². The van der Waals surface area contributed by atoms with Crippen molar-refractivity contribution in [2.45, 2.75) is 6.18 Å². The number of nitrogens with zero attached hydrogens (tertiary/aromatic N) is 4. The summed E-state index contributed by atoms with van der Waals surface area (Å²) < 4.78 is 45.5. The van der Waals surface area contributed by atoms with Gasteiger partial charge in [0.2, 0.25) is 0 Å². The molecule has 9 heteroatoms. The zero-order chi connectivity index (χ0) is 23.9. The number of aromatic amines is 1. The van der Waals surface area contributed by atoms with Crippen LogP contribution < -0.4 is 9.64 Å². The minimum absolute atomic E-state index is 0.223. The minimum Gasteiger partial charge on any atom is -0.496 e. The molecule has 34 heavy (non-hydrogen) atoms. The number of rotatable bonds is 4. The van der Waals surface area contributed by atoms with Crippen LogP contribution in [0.3, 0.4) is 0 Å². The standard InChI is InChI=1S/C25H24F3N5O/c1-32-9-11-33(12-10-32)19-6-3-16(4-7-19)18-13-20-23(30-31-24(20)29-15-18)17-5-8-22(34-2)21(14-17)25(26,27)28/h3-8,13-15H,9-12H2,1-2H3,(H,29,30,31). The average molecular weight is 467 g/mol. The molecular formula is C25H24F3N5O. The number of methoxy groups -OCH3 is 1. The predicted molar refractivity (Wildman–Crippen MR) is 126 cm³/mol. The third-order valence-corrected chi connectivity index (χ3v) is 6.27. The Labute approximate surface area is 195 Å². The van der Waals surface area contributed by atoms with Gasteiger partial charge in [-0.3, -0.25) is 5.10 Å². The highest BCUT2D eigenvalue weighted by atomic mass is 19.4. The smallest absolute Gasteiger partial charge is 0.419 e. The number of anilines is 1. The van der Waals surface area contributed by atoms with Gasteiger partial charge in [0.05, 0.1) is 18.4 Å². The van der Waals surface area contributed by atoms with Crippen LogP contribution >= 0.6 is 0 Å². The molecule has 0 radical (unpaired) electrons. The van der Waals surface area contributed by atoms with Gasteiger partial charge >= 0.3 is 6.18 Å². The molecule has 2 aromatic carbocycles. The fourth-order valence-electron chi connectivity index (χ4n) is 4.29. The highest BCUT2D eigenvalue weighted by molar-refractivity contribution is 5.93. The van der Waals surface area contributed by atoms with Crippen LogP contribution in [0.15, 0.2) is 54.7 Å². The number of hydrogen-bond donors (Lipinski definition) is 1. The second-order valence-electron chi connectivity index (χ2n) is 8.44. The van der Waals surface area contributed by atoms with Crippen molar-refractivity contribution in [1.82, 2.24) is 20.1 Å². The number of nitrogens with one attached hydrogen (secondary N) is 1. The zero-order valence-electron chi connectivity index (χ0n) is 18.9. The normalized spacial score (nSPS) is 15.1. The zero-order valence-corrected chi connectivity index (χ0v) is 18.9. The second kappa shape index (κ2) is 8.64. The van der Waals surface area contributed by atoms with Gasteiger partial charge in [-0.1, -0.05) is 12.1 Å². The van der Waals surface area contributed by atoms with Crippen LogP contribution in [0.5, 0.6) is 5.75 Å². The Kier molecular flexibility index (Phi) is 5.65. The molecule has 0 bridgehead atoms. The second-order valence-corrected chi connectivity index (χ2v) is 8.44. The molecular weight excluding hydrogens is 443 g/mol. The van der Waals surface area contributed by atoms with Crippen molar-refractivity contribution in [3.8, 4) is 28.1 Å². The van der Waals surface area contributed by atoms with E-state index in [-0.39, 0.29) is 5.75 Å². The van der Waals surface area contributed by atoms with Gasteiger partial charge in [0, 0.05) is 54.6 Å². The molecule has 1 aliphatic heterocycles. The lowest BCUT2D eigenvalue weighted by Crippen LogP contribution is -2.44. The van der Waals surface area contributed by atoms with Crippen LogP contribution in [0.2, 0.25) is 0 Å². The van der Waals surface area contributed by atoms with E-state index in [1.165, 1.54) is 18.9 Å². The number of halogens is 3.